The van der Waals surface area contributed by atoms with Gasteiger partial charge in [0.15, 0.2) is 6.10 Å². The van der Waals surface area contributed by atoms with Crippen molar-refractivity contribution in [1.29, 1.82) is 0 Å². The number of alkyl halides is 1. The Kier molecular flexibility index (Phi) is 13.2. The number of carbonyl (C=O) groups excluding carboxylic acids is 3. The van der Waals surface area contributed by atoms with Crippen molar-refractivity contribution in [2.24, 2.45) is 11.8 Å². The maximum absolute atomic E-state index is 13.4. The van der Waals surface area contributed by atoms with Crippen LogP contribution in [0.15, 0.2) is 36.0 Å². The first-order chi connectivity index (χ1) is 20.7. The summed E-state index contributed by atoms with van der Waals surface area (Å²) in [7, 11) is 1.99. The molecule has 2 saturated heterocycles. The number of nitrogens with zero attached hydrogens (tertiary/aromatic N) is 3. The molecule has 0 saturated carbocycles. The van der Waals surface area contributed by atoms with Gasteiger partial charge in [-0.2, -0.15) is 0 Å². The summed E-state index contributed by atoms with van der Waals surface area (Å²) in [6, 6.07) is 0. The zero-order valence-electron chi connectivity index (χ0n) is 26.7. The van der Waals surface area contributed by atoms with E-state index in [4.69, 9.17) is 14.2 Å². The number of piperazine rings is 1. The largest absolute Gasteiger partial charge is 0.457 e. The molecule has 3 rings (SSSR count). The summed E-state index contributed by atoms with van der Waals surface area (Å²) in [6.07, 6.45) is 4.43. The van der Waals surface area contributed by atoms with E-state index in [-0.39, 0.29) is 44.2 Å². The Morgan fingerprint density at radius 2 is 1.86 bits per heavy atom. The van der Waals surface area contributed by atoms with Gasteiger partial charge in [0.25, 0.3) is 0 Å². The van der Waals surface area contributed by atoms with E-state index in [0.717, 1.165) is 18.7 Å². The summed E-state index contributed by atoms with van der Waals surface area (Å²) in [5, 5.41) is 21.8. The Morgan fingerprint density at radius 3 is 2.52 bits per heavy atom. The summed E-state index contributed by atoms with van der Waals surface area (Å²) < 4.78 is 30.3. The molecule has 3 aliphatic rings. The number of aliphatic hydroxyl groups is 2. The van der Waals surface area contributed by atoms with Crippen molar-refractivity contribution in [3.63, 3.8) is 0 Å². The Bertz CT molecular complexity index is 1070. The predicted molar refractivity (Wildman–Crippen MR) is 162 cm³/mol. The predicted octanol–water partition coefficient (Wildman–Crippen LogP) is 3.46. The van der Waals surface area contributed by atoms with E-state index in [9.17, 15) is 29.0 Å². The number of allylic oxidation sites excluding steroid dienone is 2. The van der Waals surface area contributed by atoms with Gasteiger partial charge in [0.1, 0.15) is 17.9 Å². The first-order valence-electron chi connectivity index (χ1n) is 15.6. The second kappa shape index (κ2) is 16.4. The molecule has 2 amide bonds. The number of hydrogen-bond donors (Lipinski definition) is 2. The minimum absolute atomic E-state index is 0.0612. The molecule has 12 heteroatoms. The molecule has 248 valence electrons. The summed E-state index contributed by atoms with van der Waals surface area (Å²) in [5.41, 5.74) is -0.751. The highest BCUT2D eigenvalue weighted by Crippen LogP contribution is 2.27. The van der Waals surface area contributed by atoms with E-state index in [2.05, 4.69) is 4.90 Å². The van der Waals surface area contributed by atoms with Crippen molar-refractivity contribution >= 4 is 18.2 Å². The molecule has 44 heavy (non-hydrogen) atoms. The van der Waals surface area contributed by atoms with Crippen molar-refractivity contribution in [3.05, 3.63) is 36.0 Å². The molecule has 0 aromatic carbocycles. The van der Waals surface area contributed by atoms with E-state index in [1.165, 1.54) is 4.90 Å². The second-order valence-corrected chi connectivity index (χ2v) is 12.7. The van der Waals surface area contributed by atoms with Crippen LogP contribution < -0.4 is 0 Å². The summed E-state index contributed by atoms with van der Waals surface area (Å²) >= 11 is 0. The number of halogens is 1. The van der Waals surface area contributed by atoms with Crippen molar-refractivity contribution in [2.75, 3.05) is 52.9 Å². The first kappa shape index (κ1) is 35.5. The van der Waals surface area contributed by atoms with Crippen molar-refractivity contribution < 1.29 is 43.2 Å². The number of hydrogen-bond acceptors (Lipinski definition) is 9. The van der Waals surface area contributed by atoms with Gasteiger partial charge < -0.3 is 39.1 Å². The molecule has 7 atom stereocenters. The smallest absolute Gasteiger partial charge is 0.410 e. The lowest BCUT2D eigenvalue weighted by molar-refractivity contribution is -0.151. The van der Waals surface area contributed by atoms with Gasteiger partial charge in [-0.3, -0.25) is 4.79 Å². The fourth-order valence-electron chi connectivity index (χ4n) is 5.35. The molecule has 0 aromatic heterocycles. The van der Waals surface area contributed by atoms with Crippen molar-refractivity contribution in [1.82, 2.24) is 14.7 Å². The van der Waals surface area contributed by atoms with E-state index in [1.54, 1.807) is 36.1 Å². The van der Waals surface area contributed by atoms with Crippen LogP contribution in [0.1, 0.15) is 53.4 Å². The van der Waals surface area contributed by atoms with E-state index >= 15 is 0 Å². The average Bonchev–Trinajstić information content (AvgIpc) is 3.41. The Labute approximate surface area is 260 Å². The van der Waals surface area contributed by atoms with Gasteiger partial charge in [-0.15, -0.1) is 0 Å². The summed E-state index contributed by atoms with van der Waals surface area (Å²) in [6.45, 7) is 10.2. The molecular weight excluding hydrogens is 573 g/mol. The number of rotatable bonds is 6. The van der Waals surface area contributed by atoms with Crippen LogP contribution in [-0.4, -0.2) is 126 Å². The van der Waals surface area contributed by atoms with Crippen LogP contribution in [0.25, 0.3) is 0 Å². The van der Waals surface area contributed by atoms with Crippen LogP contribution in [0, 0.1) is 11.8 Å². The highest BCUT2D eigenvalue weighted by atomic mass is 19.1. The van der Waals surface area contributed by atoms with Gasteiger partial charge in [-0.25, -0.2) is 14.0 Å². The Balaban J connectivity index is 1.70. The van der Waals surface area contributed by atoms with Crippen molar-refractivity contribution in [2.45, 2.75) is 83.5 Å². The molecule has 2 N–H and O–H groups in total. The number of cyclic esters (lactones) is 1. The zero-order valence-corrected chi connectivity index (χ0v) is 26.7. The molecule has 0 spiro atoms. The van der Waals surface area contributed by atoms with Crippen LogP contribution in [0.5, 0.6) is 0 Å². The van der Waals surface area contributed by atoms with Gasteiger partial charge >= 0.3 is 18.2 Å². The van der Waals surface area contributed by atoms with Gasteiger partial charge in [-0.1, -0.05) is 38.2 Å². The van der Waals surface area contributed by atoms with Crippen LogP contribution in [0.2, 0.25) is 0 Å². The Morgan fingerprint density at radius 1 is 1.16 bits per heavy atom. The minimum Gasteiger partial charge on any atom is -0.457 e. The van der Waals surface area contributed by atoms with E-state index in [1.807, 2.05) is 33.9 Å². The molecular formula is C32H50FN3O8. The molecule has 0 aromatic rings. The zero-order chi connectivity index (χ0) is 32.4. The van der Waals surface area contributed by atoms with Crippen molar-refractivity contribution in [3.8, 4) is 0 Å². The van der Waals surface area contributed by atoms with Crippen LogP contribution in [0.3, 0.4) is 0 Å². The normalized spacial score (nSPS) is 32.9. The molecule has 3 heterocycles. The van der Waals surface area contributed by atoms with E-state index < -0.39 is 48.2 Å². The fraction of sp³-hybridized carbons (Fsp3) is 0.719. The maximum Gasteiger partial charge on any atom is 0.410 e. The number of likely N-dealkylation sites (N-methyl/N-ethyl adjacent to an activating group) is 1. The lowest BCUT2D eigenvalue weighted by Crippen LogP contribution is -2.50. The minimum atomic E-state index is -1.48. The first-order valence-corrected chi connectivity index (χ1v) is 15.6. The highest BCUT2D eigenvalue weighted by Gasteiger charge is 2.37. The van der Waals surface area contributed by atoms with Gasteiger partial charge in [0, 0.05) is 44.6 Å². The highest BCUT2D eigenvalue weighted by molar-refractivity contribution is 5.70. The fourth-order valence-corrected chi connectivity index (χ4v) is 5.35. The lowest BCUT2D eigenvalue weighted by atomic mass is 9.89. The molecule has 2 fully saturated rings. The number of esters is 1. The van der Waals surface area contributed by atoms with Gasteiger partial charge in [0.05, 0.1) is 25.7 Å². The summed E-state index contributed by atoms with van der Waals surface area (Å²) in [4.78, 5) is 43.0. The monoisotopic (exact) mass is 623 g/mol. The summed E-state index contributed by atoms with van der Waals surface area (Å²) in [5.74, 6) is -1.04. The van der Waals surface area contributed by atoms with Gasteiger partial charge in [-0.05, 0) is 51.8 Å². The number of aliphatic hydroxyl groups excluding tert-OH is 1. The van der Waals surface area contributed by atoms with Gasteiger partial charge in [0.2, 0.25) is 0 Å². The number of carbonyl (C=O) groups is 3. The number of likely N-dealkylation sites (tertiary alicyclic amines) is 1. The molecule has 0 bridgehead atoms. The number of ether oxygens (including phenoxy) is 3. The Hall–Kier alpha value is -2.96. The molecule has 0 aliphatic carbocycles. The molecule has 0 radical (unpaired) electrons. The van der Waals surface area contributed by atoms with Crippen LogP contribution in [-0.2, 0) is 19.0 Å². The molecule has 11 nitrogen and oxygen atoms in total. The quantitative estimate of drug-likeness (QED) is 0.198. The third-order valence-corrected chi connectivity index (χ3v) is 8.42. The average molecular weight is 624 g/mol. The van der Waals surface area contributed by atoms with Crippen LogP contribution >= 0.6 is 0 Å². The molecule has 0 unspecified atom stereocenters. The molecule has 3 aliphatic heterocycles. The third-order valence-electron chi connectivity index (χ3n) is 8.42. The standard InChI is InChI=1S/C32H50FN3O8/c1-22(21-42-30(39)36-14-12-25(33)20-36)7-6-8-23(2)29-24(3)9-10-27(43-31(40)35-17-15-34(5)16-18-35)32(4,41)13-11-26(37)19-28(38)44-29/h6-10,22,24-27,29,37,41H,11-21H2,1-5H3/b7-6+,10-9-,23-8+/t22-,24+,25-,26+,27+,29-,32+/m1/s1. The second-order valence-electron chi connectivity index (χ2n) is 12.7. The topological polar surface area (TPSA) is 129 Å². The van der Waals surface area contributed by atoms with E-state index in [0.29, 0.717) is 26.1 Å². The maximum atomic E-state index is 13.4. The number of amides is 2. The SMILES string of the molecule is C/C(=C\C=C\[C@@H](C)COC(=O)N1CC[C@@H](F)C1)[C@H]1OC(=O)C[C@@H](O)CC[C@](C)(O)[C@@H](OC(=O)N2CCN(C)CC2)/C=C\[C@@H]1C. The van der Waals surface area contributed by atoms with Crippen LogP contribution in [0.4, 0.5) is 14.0 Å². The lowest BCUT2D eigenvalue weighted by Gasteiger charge is -2.36. The third kappa shape index (κ3) is 10.9.